The van der Waals surface area contributed by atoms with Crippen LogP contribution in [0.3, 0.4) is 0 Å². The van der Waals surface area contributed by atoms with Crippen molar-refractivity contribution >= 4 is 5.97 Å². The third-order valence-electron chi connectivity index (χ3n) is 8.17. The zero-order valence-corrected chi connectivity index (χ0v) is 15.1. The van der Waals surface area contributed by atoms with Gasteiger partial charge >= 0.3 is 5.97 Å². The highest BCUT2D eigenvalue weighted by Crippen LogP contribution is 2.64. The second-order valence-electron chi connectivity index (χ2n) is 9.32. The lowest BCUT2D eigenvalue weighted by atomic mass is 9.48. The van der Waals surface area contributed by atoms with Crippen molar-refractivity contribution in [3.63, 3.8) is 0 Å². The van der Waals surface area contributed by atoms with E-state index >= 15 is 0 Å². The summed E-state index contributed by atoms with van der Waals surface area (Å²) in [6.07, 6.45) is 14.5. The van der Waals surface area contributed by atoms with E-state index in [0.717, 1.165) is 30.6 Å². The second-order valence-corrected chi connectivity index (χ2v) is 9.32. The van der Waals surface area contributed by atoms with Gasteiger partial charge in [0.1, 0.15) is 6.10 Å². The van der Waals surface area contributed by atoms with Crippen molar-refractivity contribution in [2.24, 2.45) is 28.6 Å². The summed E-state index contributed by atoms with van der Waals surface area (Å²) in [7, 11) is 0. The number of hydrogen-bond acceptors (Lipinski definition) is 2. The van der Waals surface area contributed by atoms with E-state index in [-0.39, 0.29) is 12.1 Å². The average Bonchev–Trinajstić information content (AvgIpc) is 2.89. The number of esters is 1. The van der Waals surface area contributed by atoms with Crippen LogP contribution in [0.4, 0.5) is 0 Å². The molecule has 2 heteroatoms. The molecule has 2 nitrogen and oxygen atoms in total. The summed E-state index contributed by atoms with van der Waals surface area (Å²) >= 11 is 0. The topological polar surface area (TPSA) is 26.3 Å². The molecule has 0 spiro atoms. The quantitative estimate of drug-likeness (QED) is 0.486. The molecule has 0 amide bonds. The van der Waals surface area contributed by atoms with E-state index in [0.29, 0.717) is 10.8 Å². The SMILES string of the molecule is CC(=O)OC1CC[C@@]2(C)C(=CCC3C4CCC[C@@]4(C)CCC32)C1. The normalized spacial score (nSPS) is 48.7. The number of hydrogen-bond donors (Lipinski definition) is 0. The minimum atomic E-state index is -0.118. The zero-order valence-electron chi connectivity index (χ0n) is 15.1. The van der Waals surface area contributed by atoms with Gasteiger partial charge in [-0.3, -0.25) is 4.79 Å². The lowest BCUT2D eigenvalue weighted by molar-refractivity contribution is -0.148. The van der Waals surface area contributed by atoms with Crippen LogP contribution in [-0.2, 0) is 9.53 Å². The summed E-state index contributed by atoms with van der Waals surface area (Å²) in [5, 5.41) is 0. The van der Waals surface area contributed by atoms with Gasteiger partial charge in [-0.2, -0.15) is 0 Å². The van der Waals surface area contributed by atoms with E-state index in [1.165, 1.54) is 44.9 Å². The van der Waals surface area contributed by atoms with Crippen LogP contribution in [0, 0.1) is 28.6 Å². The van der Waals surface area contributed by atoms with E-state index < -0.39 is 0 Å². The summed E-state index contributed by atoms with van der Waals surface area (Å²) in [5.74, 6) is 2.63. The van der Waals surface area contributed by atoms with Crippen LogP contribution in [0.2, 0.25) is 0 Å². The van der Waals surface area contributed by atoms with Gasteiger partial charge in [0.05, 0.1) is 0 Å². The Morgan fingerprint density at radius 3 is 2.74 bits per heavy atom. The number of carbonyl (C=O) groups excluding carboxylic acids is 1. The summed E-state index contributed by atoms with van der Waals surface area (Å²) in [6.45, 7) is 6.64. The number of ether oxygens (including phenoxy) is 1. The Kier molecular flexibility index (Phi) is 3.66. The molecule has 0 saturated heterocycles. The fourth-order valence-electron chi connectivity index (χ4n) is 6.96. The van der Waals surface area contributed by atoms with Gasteiger partial charge in [-0.05, 0) is 73.5 Å². The first-order valence-electron chi connectivity index (χ1n) is 9.79. The van der Waals surface area contributed by atoms with Crippen molar-refractivity contribution in [1.82, 2.24) is 0 Å². The standard InChI is InChI=1S/C21H32O2/c1-14(22)23-16-8-12-21(3)15(13-16)6-7-17-18-5-4-10-20(18,2)11-9-19(17)21/h6,16-19H,4-5,7-13H2,1-3H3/t16?,17?,18?,19?,20-,21-/m0/s1. The van der Waals surface area contributed by atoms with Gasteiger partial charge in [-0.15, -0.1) is 0 Å². The maximum Gasteiger partial charge on any atom is 0.302 e. The van der Waals surface area contributed by atoms with Crippen molar-refractivity contribution in [1.29, 1.82) is 0 Å². The third kappa shape index (κ3) is 2.39. The largest absolute Gasteiger partial charge is 0.462 e. The molecule has 0 aromatic rings. The number of carbonyl (C=O) groups is 1. The molecule has 23 heavy (non-hydrogen) atoms. The molecular formula is C21H32O2. The predicted octanol–water partition coefficient (Wildman–Crippen LogP) is 5.27. The van der Waals surface area contributed by atoms with Crippen molar-refractivity contribution in [3.05, 3.63) is 11.6 Å². The Morgan fingerprint density at radius 2 is 1.96 bits per heavy atom. The maximum atomic E-state index is 11.3. The Morgan fingerprint density at radius 1 is 1.13 bits per heavy atom. The number of rotatable bonds is 1. The monoisotopic (exact) mass is 316 g/mol. The van der Waals surface area contributed by atoms with Gasteiger partial charge in [0, 0.05) is 13.3 Å². The molecule has 0 bridgehead atoms. The van der Waals surface area contributed by atoms with Crippen molar-refractivity contribution in [3.8, 4) is 0 Å². The first-order chi connectivity index (χ1) is 10.9. The van der Waals surface area contributed by atoms with Crippen LogP contribution >= 0.6 is 0 Å². The van der Waals surface area contributed by atoms with Crippen LogP contribution < -0.4 is 0 Å². The van der Waals surface area contributed by atoms with Crippen LogP contribution in [0.5, 0.6) is 0 Å². The molecule has 0 radical (unpaired) electrons. The van der Waals surface area contributed by atoms with E-state index in [2.05, 4.69) is 19.9 Å². The summed E-state index contributed by atoms with van der Waals surface area (Å²) in [4.78, 5) is 11.3. The van der Waals surface area contributed by atoms with Crippen molar-refractivity contribution < 1.29 is 9.53 Å². The second kappa shape index (κ2) is 5.36. The average molecular weight is 316 g/mol. The molecule has 128 valence electrons. The third-order valence-corrected chi connectivity index (χ3v) is 8.17. The Labute approximate surface area is 141 Å². The molecule has 0 aromatic carbocycles. The molecule has 6 atom stereocenters. The van der Waals surface area contributed by atoms with E-state index in [9.17, 15) is 4.79 Å². The highest BCUT2D eigenvalue weighted by Gasteiger charge is 2.55. The van der Waals surface area contributed by atoms with E-state index in [4.69, 9.17) is 4.74 Å². The smallest absolute Gasteiger partial charge is 0.302 e. The van der Waals surface area contributed by atoms with Crippen molar-refractivity contribution in [2.45, 2.75) is 84.7 Å². The maximum absolute atomic E-state index is 11.3. The fraction of sp³-hybridized carbons (Fsp3) is 0.857. The fourth-order valence-corrected chi connectivity index (χ4v) is 6.96. The summed E-state index contributed by atoms with van der Waals surface area (Å²) < 4.78 is 5.53. The van der Waals surface area contributed by atoms with E-state index in [1.807, 2.05) is 0 Å². The Balaban J connectivity index is 1.58. The van der Waals surface area contributed by atoms with Gasteiger partial charge in [0.15, 0.2) is 0 Å². The number of fused-ring (bicyclic) bond motifs is 5. The van der Waals surface area contributed by atoms with Crippen LogP contribution in [0.1, 0.15) is 78.6 Å². The molecule has 3 saturated carbocycles. The van der Waals surface area contributed by atoms with Crippen LogP contribution in [0.15, 0.2) is 11.6 Å². The van der Waals surface area contributed by atoms with Crippen LogP contribution in [0.25, 0.3) is 0 Å². The molecule has 4 aliphatic rings. The lowest BCUT2D eigenvalue weighted by Gasteiger charge is -2.57. The van der Waals surface area contributed by atoms with Gasteiger partial charge in [-0.25, -0.2) is 0 Å². The molecule has 0 aliphatic heterocycles. The molecule has 4 unspecified atom stereocenters. The van der Waals surface area contributed by atoms with Gasteiger partial charge in [0.25, 0.3) is 0 Å². The summed E-state index contributed by atoms with van der Waals surface area (Å²) in [5.41, 5.74) is 2.62. The van der Waals surface area contributed by atoms with Crippen molar-refractivity contribution in [2.75, 3.05) is 0 Å². The molecule has 4 aliphatic carbocycles. The molecule has 0 heterocycles. The highest BCUT2D eigenvalue weighted by molar-refractivity contribution is 5.66. The molecular weight excluding hydrogens is 284 g/mol. The first-order valence-corrected chi connectivity index (χ1v) is 9.79. The molecule has 3 fully saturated rings. The zero-order chi connectivity index (χ0) is 16.2. The number of allylic oxidation sites excluding steroid dienone is 1. The van der Waals surface area contributed by atoms with Crippen LogP contribution in [-0.4, -0.2) is 12.1 Å². The van der Waals surface area contributed by atoms with Gasteiger partial charge < -0.3 is 4.74 Å². The van der Waals surface area contributed by atoms with Gasteiger partial charge in [0.2, 0.25) is 0 Å². The Hall–Kier alpha value is -0.790. The first kappa shape index (κ1) is 15.7. The Bertz CT molecular complexity index is 536. The minimum Gasteiger partial charge on any atom is -0.462 e. The van der Waals surface area contributed by atoms with E-state index in [1.54, 1.807) is 12.5 Å². The molecule has 4 rings (SSSR count). The highest BCUT2D eigenvalue weighted by atomic mass is 16.5. The minimum absolute atomic E-state index is 0.118. The lowest BCUT2D eigenvalue weighted by Crippen LogP contribution is -2.49. The molecule has 0 N–H and O–H groups in total. The predicted molar refractivity (Wildman–Crippen MR) is 91.9 cm³/mol. The summed E-state index contributed by atoms with van der Waals surface area (Å²) in [6, 6.07) is 0. The van der Waals surface area contributed by atoms with Gasteiger partial charge in [-0.1, -0.05) is 31.9 Å². The molecule has 0 aromatic heterocycles.